The normalized spacial score (nSPS) is 12.1. The highest BCUT2D eigenvalue weighted by atomic mass is 32.2. The molecule has 0 aliphatic heterocycles. The van der Waals surface area contributed by atoms with E-state index in [2.05, 4.69) is 25.8 Å². The summed E-state index contributed by atoms with van der Waals surface area (Å²) in [5, 5.41) is 8.99. The molecule has 1 aromatic heterocycles. The van der Waals surface area contributed by atoms with Gasteiger partial charge in [0.25, 0.3) is 0 Å². The minimum Gasteiger partial charge on any atom is -0.478 e. The van der Waals surface area contributed by atoms with Crippen molar-refractivity contribution < 1.29 is 22.7 Å². The molecular weight excluding hydrogens is 390 g/mol. The number of sulfone groups is 1. The zero-order valence-electron chi connectivity index (χ0n) is 16.8. The molecular formula is C22H23NO5S. The predicted molar refractivity (Wildman–Crippen MR) is 110 cm³/mol. The molecule has 29 heavy (non-hydrogen) atoms. The quantitative estimate of drug-likeness (QED) is 0.655. The van der Waals surface area contributed by atoms with Crippen molar-refractivity contribution in [2.45, 2.75) is 43.8 Å². The maximum absolute atomic E-state index is 12.8. The van der Waals surface area contributed by atoms with E-state index in [4.69, 9.17) is 9.52 Å². The van der Waals surface area contributed by atoms with Gasteiger partial charge in [0.05, 0.1) is 16.2 Å². The molecule has 3 rings (SSSR count). The minimum absolute atomic E-state index is 0.0594. The third-order valence-electron chi connectivity index (χ3n) is 4.68. The molecule has 0 bridgehead atoms. The predicted octanol–water partition coefficient (Wildman–Crippen LogP) is 4.62. The largest absolute Gasteiger partial charge is 0.478 e. The van der Waals surface area contributed by atoms with Crippen LogP contribution in [0.2, 0.25) is 0 Å². The Morgan fingerprint density at radius 3 is 2.14 bits per heavy atom. The summed E-state index contributed by atoms with van der Waals surface area (Å²) < 4.78 is 31.3. The summed E-state index contributed by atoms with van der Waals surface area (Å²) in [6.07, 6.45) is 0. The highest BCUT2D eigenvalue weighted by molar-refractivity contribution is 7.90. The molecule has 6 nitrogen and oxygen atoms in total. The van der Waals surface area contributed by atoms with E-state index in [1.54, 1.807) is 31.2 Å². The van der Waals surface area contributed by atoms with Crippen LogP contribution >= 0.6 is 0 Å². The van der Waals surface area contributed by atoms with Crippen LogP contribution in [0, 0.1) is 6.92 Å². The van der Waals surface area contributed by atoms with Gasteiger partial charge in [-0.05, 0) is 54.3 Å². The monoisotopic (exact) mass is 413 g/mol. The number of oxazole rings is 1. The first-order valence-electron chi connectivity index (χ1n) is 9.11. The van der Waals surface area contributed by atoms with Crippen molar-refractivity contribution in [2.75, 3.05) is 0 Å². The summed E-state index contributed by atoms with van der Waals surface area (Å²) >= 11 is 0. The van der Waals surface area contributed by atoms with Crippen molar-refractivity contribution in [3.8, 4) is 11.5 Å². The number of rotatable bonds is 5. The second-order valence-electron chi connectivity index (χ2n) is 7.94. The van der Waals surface area contributed by atoms with Gasteiger partial charge in [0.15, 0.2) is 9.84 Å². The van der Waals surface area contributed by atoms with Crippen molar-refractivity contribution in [2.24, 2.45) is 0 Å². The fraction of sp³-hybridized carbons (Fsp3) is 0.273. The van der Waals surface area contributed by atoms with Gasteiger partial charge < -0.3 is 9.52 Å². The van der Waals surface area contributed by atoms with Gasteiger partial charge in [-0.15, -0.1) is 0 Å². The van der Waals surface area contributed by atoms with Gasteiger partial charge >= 0.3 is 5.97 Å². The molecule has 3 aromatic rings. The van der Waals surface area contributed by atoms with Crippen LogP contribution in [0.4, 0.5) is 0 Å². The Morgan fingerprint density at radius 2 is 1.62 bits per heavy atom. The Bertz CT molecular complexity index is 1140. The Balaban J connectivity index is 1.85. The molecule has 0 amide bonds. The zero-order valence-corrected chi connectivity index (χ0v) is 17.6. The number of hydrogen-bond donors (Lipinski definition) is 1. The number of benzene rings is 2. The Morgan fingerprint density at radius 1 is 1.03 bits per heavy atom. The number of carboxylic acids is 1. The third-order valence-corrected chi connectivity index (χ3v) is 6.32. The van der Waals surface area contributed by atoms with E-state index in [0.717, 1.165) is 5.56 Å². The summed E-state index contributed by atoms with van der Waals surface area (Å²) in [5.41, 5.74) is 2.06. The van der Waals surface area contributed by atoms with Crippen LogP contribution in [-0.2, 0) is 21.0 Å². The SMILES string of the molecule is Cc1oc(-c2ccc(C(=O)O)cc2)nc1CS(=O)(=O)c1ccc(C(C)(C)C)cc1. The van der Waals surface area contributed by atoms with E-state index in [0.29, 0.717) is 17.0 Å². The van der Waals surface area contributed by atoms with Crippen molar-refractivity contribution in [3.05, 3.63) is 71.1 Å². The summed E-state index contributed by atoms with van der Waals surface area (Å²) in [6.45, 7) is 7.87. The molecule has 1 heterocycles. The summed E-state index contributed by atoms with van der Waals surface area (Å²) in [5.74, 6) is -0.626. The molecule has 7 heteroatoms. The summed E-state index contributed by atoms with van der Waals surface area (Å²) in [4.78, 5) is 15.5. The molecule has 0 aliphatic carbocycles. The van der Waals surface area contributed by atoms with Gasteiger partial charge in [0.2, 0.25) is 5.89 Å². The maximum Gasteiger partial charge on any atom is 0.335 e. The van der Waals surface area contributed by atoms with Crippen LogP contribution in [0.15, 0.2) is 57.8 Å². The van der Waals surface area contributed by atoms with Gasteiger partial charge in [-0.2, -0.15) is 0 Å². The van der Waals surface area contributed by atoms with E-state index in [-0.39, 0.29) is 27.5 Å². The van der Waals surface area contributed by atoms with E-state index < -0.39 is 15.8 Å². The molecule has 152 valence electrons. The first-order chi connectivity index (χ1) is 13.5. The number of aromatic carboxylic acids is 1. The second kappa shape index (κ2) is 7.48. The Kier molecular flexibility index (Phi) is 5.36. The number of nitrogens with zero attached hydrogens (tertiary/aromatic N) is 1. The fourth-order valence-electron chi connectivity index (χ4n) is 2.87. The number of aromatic nitrogens is 1. The zero-order chi connectivity index (χ0) is 21.4. The highest BCUT2D eigenvalue weighted by Crippen LogP contribution is 2.27. The van der Waals surface area contributed by atoms with Gasteiger partial charge in [-0.3, -0.25) is 0 Å². The van der Waals surface area contributed by atoms with E-state index in [1.807, 2.05) is 12.1 Å². The van der Waals surface area contributed by atoms with Crippen LogP contribution in [0.25, 0.3) is 11.5 Å². The van der Waals surface area contributed by atoms with E-state index in [9.17, 15) is 13.2 Å². The lowest BCUT2D eigenvalue weighted by Gasteiger charge is -2.19. The standard InChI is InChI=1S/C22H23NO5S/c1-14-19(23-20(28-14)15-5-7-16(8-6-15)21(24)25)13-29(26,27)18-11-9-17(10-12-18)22(2,3)4/h5-12H,13H2,1-4H3,(H,24,25). The number of carboxylic acid groups (broad SMARTS) is 1. The lowest BCUT2D eigenvalue weighted by molar-refractivity contribution is 0.0697. The second-order valence-corrected chi connectivity index (χ2v) is 9.93. The van der Waals surface area contributed by atoms with Crippen molar-refractivity contribution in [1.29, 1.82) is 0 Å². The van der Waals surface area contributed by atoms with E-state index >= 15 is 0 Å². The van der Waals surface area contributed by atoms with Crippen LogP contribution < -0.4 is 0 Å². The lowest BCUT2D eigenvalue weighted by atomic mass is 9.87. The first kappa shape index (κ1) is 20.8. The molecule has 0 fully saturated rings. The lowest BCUT2D eigenvalue weighted by Crippen LogP contribution is -2.12. The maximum atomic E-state index is 12.8. The molecule has 0 spiro atoms. The molecule has 2 aromatic carbocycles. The van der Waals surface area contributed by atoms with Gasteiger partial charge in [-0.25, -0.2) is 18.2 Å². The average Bonchev–Trinajstić information content (AvgIpc) is 3.01. The van der Waals surface area contributed by atoms with Gasteiger partial charge in [0.1, 0.15) is 11.5 Å². The minimum atomic E-state index is -3.59. The third kappa shape index (κ3) is 4.56. The van der Waals surface area contributed by atoms with Crippen LogP contribution in [0.3, 0.4) is 0 Å². The summed E-state index contributed by atoms with van der Waals surface area (Å²) in [7, 11) is -3.59. The summed E-state index contributed by atoms with van der Waals surface area (Å²) in [6, 6.07) is 13.0. The number of hydrogen-bond acceptors (Lipinski definition) is 5. The van der Waals surface area contributed by atoms with Crippen LogP contribution in [-0.4, -0.2) is 24.5 Å². The van der Waals surface area contributed by atoms with Crippen molar-refractivity contribution >= 4 is 15.8 Å². The molecule has 1 N–H and O–H groups in total. The van der Waals surface area contributed by atoms with Gasteiger partial charge in [-0.1, -0.05) is 32.9 Å². The first-order valence-corrected chi connectivity index (χ1v) is 10.8. The van der Waals surface area contributed by atoms with Crippen molar-refractivity contribution in [1.82, 2.24) is 4.98 Å². The van der Waals surface area contributed by atoms with E-state index in [1.165, 1.54) is 12.1 Å². The Labute approximate surface area is 170 Å². The van der Waals surface area contributed by atoms with Gasteiger partial charge in [0, 0.05) is 5.56 Å². The average molecular weight is 413 g/mol. The van der Waals surface area contributed by atoms with Crippen molar-refractivity contribution in [3.63, 3.8) is 0 Å². The fourth-order valence-corrected chi connectivity index (χ4v) is 4.21. The molecule has 0 aliphatic rings. The molecule has 0 unspecified atom stereocenters. The van der Waals surface area contributed by atoms with Crippen LogP contribution in [0.5, 0.6) is 0 Å². The topological polar surface area (TPSA) is 97.5 Å². The Hall–Kier alpha value is -2.93. The highest BCUT2D eigenvalue weighted by Gasteiger charge is 2.22. The van der Waals surface area contributed by atoms with Crippen LogP contribution in [0.1, 0.15) is 48.1 Å². The number of carbonyl (C=O) groups is 1. The molecule has 0 saturated carbocycles. The smallest absolute Gasteiger partial charge is 0.335 e. The molecule has 0 atom stereocenters. The molecule has 0 saturated heterocycles. The number of aryl methyl sites for hydroxylation is 1. The molecule has 0 radical (unpaired) electrons.